The maximum Gasteiger partial charge on any atom is 0.182 e. The van der Waals surface area contributed by atoms with Crippen molar-refractivity contribution in [2.24, 2.45) is 5.73 Å². The summed E-state index contributed by atoms with van der Waals surface area (Å²) in [7, 11) is 0. The number of benzene rings is 3. The lowest BCUT2D eigenvalue weighted by atomic mass is 9.95. The lowest BCUT2D eigenvalue weighted by Crippen LogP contribution is -2.40. The second kappa shape index (κ2) is 11.3. The first-order valence-corrected chi connectivity index (χ1v) is 14.0. The lowest BCUT2D eigenvalue weighted by Gasteiger charge is -2.34. The second-order valence-corrected chi connectivity index (χ2v) is 11.0. The highest BCUT2D eigenvalue weighted by Crippen LogP contribution is 2.45. The number of halogens is 2. The highest BCUT2D eigenvalue weighted by atomic mass is 19.1. The third-order valence-electron chi connectivity index (χ3n) is 8.02. The largest absolute Gasteiger partial charge is 0.506 e. The van der Waals surface area contributed by atoms with Crippen LogP contribution in [0.5, 0.6) is 5.75 Å². The summed E-state index contributed by atoms with van der Waals surface area (Å²) in [6.07, 6.45) is 4.73. The molecule has 1 saturated heterocycles. The minimum absolute atomic E-state index is 0.0243. The van der Waals surface area contributed by atoms with E-state index in [0.717, 1.165) is 11.6 Å². The molecular formula is C34H29F2N5O2. The maximum absolute atomic E-state index is 14.5. The van der Waals surface area contributed by atoms with E-state index >= 15 is 0 Å². The first-order valence-electron chi connectivity index (χ1n) is 14.0. The summed E-state index contributed by atoms with van der Waals surface area (Å²) in [5.41, 5.74) is 10.8. The number of aromatic hydroxyl groups is 1. The van der Waals surface area contributed by atoms with Crippen LogP contribution in [-0.4, -0.2) is 39.6 Å². The zero-order valence-electron chi connectivity index (χ0n) is 23.5. The Morgan fingerprint density at radius 3 is 2.42 bits per heavy atom. The summed E-state index contributed by atoms with van der Waals surface area (Å²) >= 11 is 0. The average Bonchev–Trinajstić information content (AvgIpc) is 3.35. The molecule has 0 bridgehead atoms. The van der Waals surface area contributed by atoms with Gasteiger partial charge in [0.25, 0.3) is 0 Å². The number of rotatable bonds is 6. The first kappa shape index (κ1) is 28.1. The predicted octanol–water partition coefficient (Wildman–Crippen LogP) is 6.34. The number of pyridine rings is 1. The molecule has 3 aromatic carbocycles. The third kappa shape index (κ3) is 5.33. The van der Waals surface area contributed by atoms with E-state index in [2.05, 4.69) is 4.90 Å². The number of nitrogens with zero attached hydrogens (tertiary/aromatic N) is 4. The van der Waals surface area contributed by atoms with E-state index in [4.69, 9.17) is 10.7 Å². The highest BCUT2D eigenvalue weighted by Gasteiger charge is 2.28. The van der Waals surface area contributed by atoms with Gasteiger partial charge in [-0.05, 0) is 43.5 Å². The van der Waals surface area contributed by atoms with E-state index in [1.807, 2.05) is 25.1 Å². The summed E-state index contributed by atoms with van der Waals surface area (Å²) in [6.45, 7) is 3.08. The first-order chi connectivity index (χ1) is 20.7. The van der Waals surface area contributed by atoms with E-state index < -0.39 is 11.6 Å². The number of phenols is 1. The van der Waals surface area contributed by atoms with E-state index in [0.29, 0.717) is 70.5 Å². The molecule has 1 aliphatic rings. The lowest BCUT2D eigenvalue weighted by molar-refractivity contribution is 0.0973. The molecule has 0 amide bonds. The van der Waals surface area contributed by atoms with Crippen LogP contribution in [0.15, 0.2) is 73.1 Å². The van der Waals surface area contributed by atoms with Crippen molar-refractivity contribution < 1.29 is 18.7 Å². The standard InChI is InChI=1S/C34H29F2N5O2/c1-20-5-7-21(8-6-20)30(42)19-41-18-29(27-4-2-3-22(16-37)33(27)43)31-32(40-11-9-26(38)10-12-40)28(17-39-34(31)41)23-13-24(35)15-25(36)14-23/h2-8,13-15,17-18,26,43H,9-12,19,38H2,1H3. The zero-order valence-corrected chi connectivity index (χ0v) is 23.5. The van der Waals surface area contributed by atoms with Crippen LogP contribution in [0.2, 0.25) is 0 Å². The maximum atomic E-state index is 14.5. The van der Waals surface area contributed by atoms with Crippen LogP contribution in [0.25, 0.3) is 33.3 Å². The number of hydrogen-bond acceptors (Lipinski definition) is 6. The highest BCUT2D eigenvalue weighted by molar-refractivity contribution is 6.09. The molecule has 0 spiro atoms. The van der Waals surface area contributed by atoms with Crippen molar-refractivity contribution in [3.63, 3.8) is 0 Å². The van der Waals surface area contributed by atoms with Gasteiger partial charge in [-0.3, -0.25) is 4.79 Å². The topological polar surface area (TPSA) is 108 Å². The average molecular weight is 578 g/mol. The van der Waals surface area contributed by atoms with Crippen LogP contribution in [0, 0.1) is 29.9 Å². The van der Waals surface area contributed by atoms with Gasteiger partial charge < -0.3 is 20.3 Å². The van der Waals surface area contributed by atoms with Crippen LogP contribution < -0.4 is 10.6 Å². The number of piperidine rings is 1. The number of aryl methyl sites for hydroxylation is 1. The Bertz CT molecular complexity index is 1880. The number of carbonyl (C=O) groups is 1. The van der Waals surface area contributed by atoms with Crippen LogP contribution in [0.4, 0.5) is 14.5 Å². The Hall–Kier alpha value is -5.07. The summed E-state index contributed by atoms with van der Waals surface area (Å²) < 4.78 is 30.7. The Balaban J connectivity index is 1.64. The molecule has 1 fully saturated rings. The van der Waals surface area contributed by atoms with Crippen molar-refractivity contribution in [3.05, 3.63) is 101 Å². The molecule has 0 saturated carbocycles. The Kier molecular flexibility index (Phi) is 7.38. The number of carbonyl (C=O) groups excluding carboxylic acids is 1. The number of nitriles is 1. The van der Waals surface area contributed by atoms with Crippen LogP contribution in [0.1, 0.15) is 34.3 Å². The number of hydrogen-bond donors (Lipinski definition) is 2. The molecule has 3 heterocycles. The zero-order chi connectivity index (χ0) is 30.2. The van der Waals surface area contributed by atoms with Gasteiger partial charge in [0.05, 0.1) is 23.2 Å². The molecule has 0 atom stereocenters. The fourth-order valence-corrected chi connectivity index (χ4v) is 5.77. The minimum atomic E-state index is -0.720. The number of para-hydroxylation sites is 1. The number of phenolic OH excluding ortho intramolecular Hbond substituents is 1. The number of aromatic nitrogens is 2. The van der Waals surface area contributed by atoms with Crippen molar-refractivity contribution in [1.82, 2.24) is 9.55 Å². The van der Waals surface area contributed by atoms with Gasteiger partial charge in [0, 0.05) is 59.8 Å². The smallest absolute Gasteiger partial charge is 0.182 e. The summed E-state index contributed by atoms with van der Waals surface area (Å²) in [5.74, 6) is -1.78. The molecule has 43 heavy (non-hydrogen) atoms. The molecule has 1 aliphatic heterocycles. The molecule has 2 aromatic heterocycles. The second-order valence-electron chi connectivity index (χ2n) is 11.0. The number of Topliss-reactive ketones (excluding diaryl/α,β-unsaturated/α-hetero) is 1. The predicted molar refractivity (Wildman–Crippen MR) is 162 cm³/mol. The normalized spacial score (nSPS) is 13.8. The molecular weight excluding hydrogens is 548 g/mol. The molecule has 7 nitrogen and oxygen atoms in total. The van der Waals surface area contributed by atoms with Crippen molar-refractivity contribution in [2.75, 3.05) is 18.0 Å². The van der Waals surface area contributed by atoms with E-state index in [-0.39, 0.29) is 29.7 Å². The van der Waals surface area contributed by atoms with Gasteiger partial charge in [0.1, 0.15) is 29.1 Å². The summed E-state index contributed by atoms with van der Waals surface area (Å²) in [5, 5.41) is 21.4. The Morgan fingerprint density at radius 2 is 1.74 bits per heavy atom. The van der Waals surface area contributed by atoms with Crippen LogP contribution in [-0.2, 0) is 6.54 Å². The van der Waals surface area contributed by atoms with Crippen LogP contribution >= 0.6 is 0 Å². The molecule has 0 radical (unpaired) electrons. The Labute approximate surface area is 247 Å². The number of nitrogens with two attached hydrogens (primary N) is 1. The molecule has 3 N–H and O–H groups in total. The Morgan fingerprint density at radius 1 is 1.05 bits per heavy atom. The molecule has 216 valence electrons. The molecule has 0 unspecified atom stereocenters. The van der Waals surface area contributed by atoms with Crippen molar-refractivity contribution in [1.29, 1.82) is 5.26 Å². The number of fused-ring (bicyclic) bond motifs is 1. The molecule has 6 rings (SSSR count). The molecule has 9 heteroatoms. The van der Waals surface area contributed by atoms with Crippen molar-refractivity contribution in [2.45, 2.75) is 32.4 Å². The summed E-state index contributed by atoms with van der Waals surface area (Å²) in [6, 6.07) is 17.6. The van der Waals surface area contributed by atoms with Gasteiger partial charge in [-0.2, -0.15) is 5.26 Å². The van der Waals surface area contributed by atoms with Gasteiger partial charge in [0.15, 0.2) is 5.78 Å². The monoisotopic (exact) mass is 577 g/mol. The van der Waals surface area contributed by atoms with Gasteiger partial charge in [0.2, 0.25) is 0 Å². The van der Waals surface area contributed by atoms with Gasteiger partial charge in [-0.15, -0.1) is 0 Å². The van der Waals surface area contributed by atoms with Gasteiger partial charge >= 0.3 is 0 Å². The quantitative estimate of drug-likeness (QED) is 0.228. The van der Waals surface area contributed by atoms with Crippen molar-refractivity contribution in [3.8, 4) is 34.1 Å². The van der Waals surface area contributed by atoms with E-state index in [1.54, 1.807) is 41.2 Å². The van der Waals surface area contributed by atoms with Gasteiger partial charge in [-0.25, -0.2) is 13.8 Å². The summed E-state index contributed by atoms with van der Waals surface area (Å²) in [4.78, 5) is 20.3. The van der Waals surface area contributed by atoms with Gasteiger partial charge in [-0.1, -0.05) is 42.0 Å². The molecule has 5 aromatic rings. The van der Waals surface area contributed by atoms with Crippen molar-refractivity contribution >= 4 is 22.5 Å². The fraction of sp³-hybridized carbons (Fsp3) is 0.206. The van der Waals surface area contributed by atoms with Crippen LogP contribution in [0.3, 0.4) is 0 Å². The number of ketones is 1. The minimum Gasteiger partial charge on any atom is -0.506 e. The van der Waals surface area contributed by atoms with E-state index in [9.17, 15) is 23.9 Å². The SMILES string of the molecule is Cc1ccc(C(=O)Cn2cc(-c3cccc(C#N)c3O)c3c(N4CCC(N)CC4)c(-c4cc(F)cc(F)c4)cnc32)cc1. The van der Waals surface area contributed by atoms with E-state index in [1.165, 1.54) is 18.2 Å². The third-order valence-corrected chi connectivity index (χ3v) is 8.02. The molecule has 0 aliphatic carbocycles. The number of anilines is 1. The fourth-order valence-electron chi connectivity index (χ4n) is 5.77.